The van der Waals surface area contributed by atoms with Crippen LogP contribution < -0.4 is 5.32 Å². The summed E-state index contributed by atoms with van der Waals surface area (Å²) in [4.78, 5) is 1.86. The number of halogens is 3. The molecule has 2 atom stereocenters. The summed E-state index contributed by atoms with van der Waals surface area (Å²) in [6, 6.07) is 4.96. The number of benzene rings is 1. The van der Waals surface area contributed by atoms with Crippen LogP contribution in [-0.2, 0) is 6.18 Å². The van der Waals surface area contributed by atoms with Crippen molar-refractivity contribution in [2.24, 2.45) is 0 Å². The number of nitrogens with one attached hydrogen (secondary N) is 1. The summed E-state index contributed by atoms with van der Waals surface area (Å²) >= 11 is 0. The van der Waals surface area contributed by atoms with Gasteiger partial charge in [-0.1, -0.05) is 12.1 Å². The van der Waals surface area contributed by atoms with Gasteiger partial charge in [0.2, 0.25) is 0 Å². The van der Waals surface area contributed by atoms with Crippen molar-refractivity contribution < 1.29 is 18.3 Å². The molecule has 1 rings (SSSR count). The topological polar surface area (TPSA) is 35.5 Å². The number of likely N-dealkylation sites (N-methyl/N-ethyl adjacent to an activating group) is 1. The molecule has 1 aromatic carbocycles. The number of rotatable bonds is 6. The smallest absolute Gasteiger partial charge is 0.388 e. The molecule has 0 aliphatic rings. The van der Waals surface area contributed by atoms with E-state index in [-0.39, 0.29) is 6.04 Å². The second-order valence-electron chi connectivity index (χ2n) is 5.96. The van der Waals surface area contributed by atoms with Gasteiger partial charge in [-0.3, -0.25) is 0 Å². The third kappa shape index (κ3) is 6.03. The Bertz CT molecular complexity index is 458. The molecule has 6 heteroatoms. The predicted molar refractivity (Wildman–Crippen MR) is 77.0 cm³/mol. The largest absolute Gasteiger partial charge is 0.416 e. The Morgan fingerprint density at radius 3 is 2.43 bits per heavy atom. The van der Waals surface area contributed by atoms with Crippen LogP contribution in [0.2, 0.25) is 0 Å². The molecule has 1 aromatic rings. The first-order chi connectivity index (χ1) is 9.51. The first-order valence-corrected chi connectivity index (χ1v) is 6.79. The fraction of sp³-hybridized carbons (Fsp3) is 0.600. The Morgan fingerprint density at radius 2 is 1.90 bits per heavy atom. The number of alkyl halides is 3. The summed E-state index contributed by atoms with van der Waals surface area (Å²) in [6.45, 7) is 4.23. The molecule has 2 N–H and O–H groups in total. The van der Waals surface area contributed by atoms with Crippen LogP contribution in [-0.4, -0.2) is 42.8 Å². The molecule has 3 nitrogen and oxygen atoms in total. The van der Waals surface area contributed by atoms with Gasteiger partial charge in [-0.15, -0.1) is 0 Å². The monoisotopic (exact) mass is 304 g/mol. The molecule has 0 aliphatic carbocycles. The quantitative estimate of drug-likeness (QED) is 0.848. The molecule has 0 bridgehead atoms. The Labute approximate surface area is 123 Å². The van der Waals surface area contributed by atoms with Gasteiger partial charge in [0.1, 0.15) is 0 Å². The van der Waals surface area contributed by atoms with E-state index in [1.54, 1.807) is 19.9 Å². The van der Waals surface area contributed by atoms with Crippen molar-refractivity contribution in [3.05, 3.63) is 35.4 Å². The van der Waals surface area contributed by atoms with Gasteiger partial charge in [-0.25, -0.2) is 0 Å². The number of aliphatic hydroxyl groups is 1. The van der Waals surface area contributed by atoms with Crippen LogP contribution in [0.1, 0.15) is 31.0 Å². The lowest BCUT2D eigenvalue weighted by Crippen LogP contribution is -2.46. The zero-order chi connectivity index (χ0) is 16.3. The van der Waals surface area contributed by atoms with Crippen molar-refractivity contribution in [1.82, 2.24) is 10.2 Å². The predicted octanol–water partition coefficient (Wildman–Crippen LogP) is 2.67. The van der Waals surface area contributed by atoms with Crippen molar-refractivity contribution in [2.75, 3.05) is 27.2 Å². The highest BCUT2D eigenvalue weighted by Gasteiger charge is 2.30. The van der Waals surface area contributed by atoms with E-state index in [9.17, 15) is 18.3 Å². The van der Waals surface area contributed by atoms with Crippen LogP contribution in [0.4, 0.5) is 13.2 Å². The molecule has 0 radical (unpaired) electrons. The summed E-state index contributed by atoms with van der Waals surface area (Å²) in [5.41, 5.74) is -1.06. The third-order valence-electron chi connectivity index (χ3n) is 3.16. The molecular weight excluding hydrogens is 281 g/mol. The number of hydrogen-bond donors (Lipinski definition) is 2. The molecule has 0 aliphatic heterocycles. The van der Waals surface area contributed by atoms with E-state index in [2.05, 4.69) is 5.32 Å². The SMILES string of the molecule is CC(NCC(C)(O)CN(C)C)c1cccc(C(F)(F)F)c1. The first-order valence-electron chi connectivity index (χ1n) is 6.79. The number of hydrogen-bond acceptors (Lipinski definition) is 3. The molecule has 0 saturated heterocycles. The van der Waals surface area contributed by atoms with Crippen molar-refractivity contribution in [3.63, 3.8) is 0 Å². The molecule has 0 fully saturated rings. The molecule has 2 unspecified atom stereocenters. The second kappa shape index (κ2) is 6.77. The van der Waals surface area contributed by atoms with Gasteiger partial charge in [0.15, 0.2) is 0 Å². The summed E-state index contributed by atoms with van der Waals surface area (Å²) in [5.74, 6) is 0. The molecule has 120 valence electrons. The van der Waals surface area contributed by atoms with Gasteiger partial charge in [-0.05, 0) is 45.6 Å². The fourth-order valence-electron chi connectivity index (χ4n) is 2.21. The summed E-state index contributed by atoms with van der Waals surface area (Å²) in [7, 11) is 3.70. The minimum Gasteiger partial charge on any atom is -0.388 e. The zero-order valence-corrected chi connectivity index (χ0v) is 12.8. The van der Waals surface area contributed by atoms with Crippen molar-refractivity contribution in [2.45, 2.75) is 31.7 Å². The lowest BCUT2D eigenvalue weighted by molar-refractivity contribution is -0.137. The number of nitrogens with zero attached hydrogens (tertiary/aromatic N) is 1. The van der Waals surface area contributed by atoms with Crippen molar-refractivity contribution in [3.8, 4) is 0 Å². The van der Waals surface area contributed by atoms with E-state index in [4.69, 9.17) is 0 Å². The van der Waals surface area contributed by atoms with Crippen LogP contribution in [0, 0.1) is 0 Å². The zero-order valence-electron chi connectivity index (χ0n) is 12.8. The van der Waals surface area contributed by atoms with E-state index in [1.165, 1.54) is 6.07 Å². The van der Waals surface area contributed by atoms with E-state index >= 15 is 0 Å². The highest BCUT2D eigenvalue weighted by molar-refractivity contribution is 5.27. The Hall–Kier alpha value is -1.11. The van der Waals surface area contributed by atoms with Gasteiger partial charge < -0.3 is 15.3 Å². The lowest BCUT2D eigenvalue weighted by atomic mass is 10.0. The standard InChI is InChI=1S/C15H23F3N2O/c1-11(19-9-14(2,21)10-20(3)4)12-6-5-7-13(8-12)15(16,17)18/h5-8,11,19,21H,9-10H2,1-4H3. The van der Waals surface area contributed by atoms with Crippen molar-refractivity contribution >= 4 is 0 Å². The molecule has 0 spiro atoms. The lowest BCUT2D eigenvalue weighted by Gasteiger charge is -2.29. The average Bonchev–Trinajstić information content (AvgIpc) is 2.33. The molecule has 0 heterocycles. The Kier molecular flexibility index (Phi) is 5.78. The average molecular weight is 304 g/mol. The molecular formula is C15H23F3N2O. The summed E-state index contributed by atoms with van der Waals surface area (Å²) in [6.07, 6.45) is -4.34. The van der Waals surface area contributed by atoms with E-state index in [1.807, 2.05) is 19.0 Å². The van der Waals surface area contributed by atoms with Crippen molar-refractivity contribution in [1.29, 1.82) is 0 Å². The maximum Gasteiger partial charge on any atom is 0.416 e. The normalized spacial score (nSPS) is 16.8. The third-order valence-corrected chi connectivity index (χ3v) is 3.16. The first kappa shape index (κ1) is 17.9. The molecule has 0 amide bonds. The highest BCUT2D eigenvalue weighted by atomic mass is 19.4. The van der Waals surface area contributed by atoms with Gasteiger partial charge in [0.25, 0.3) is 0 Å². The van der Waals surface area contributed by atoms with E-state index < -0.39 is 17.3 Å². The molecule has 21 heavy (non-hydrogen) atoms. The molecule has 0 saturated carbocycles. The maximum atomic E-state index is 12.7. The van der Waals surface area contributed by atoms with Crippen LogP contribution in [0.15, 0.2) is 24.3 Å². The van der Waals surface area contributed by atoms with E-state index in [0.29, 0.717) is 18.7 Å². The Morgan fingerprint density at radius 1 is 1.29 bits per heavy atom. The van der Waals surface area contributed by atoms with Crippen LogP contribution in [0.3, 0.4) is 0 Å². The van der Waals surface area contributed by atoms with Crippen LogP contribution in [0.25, 0.3) is 0 Å². The maximum absolute atomic E-state index is 12.7. The second-order valence-corrected chi connectivity index (χ2v) is 5.96. The van der Waals surface area contributed by atoms with Gasteiger partial charge >= 0.3 is 6.18 Å². The van der Waals surface area contributed by atoms with Gasteiger partial charge in [0.05, 0.1) is 11.2 Å². The minimum atomic E-state index is -4.34. The van der Waals surface area contributed by atoms with Gasteiger partial charge in [0, 0.05) is 19.1 Å². The summed E-state index contributed by atoms with van der Waals surface area (Å²) < 4.78 is 38.1. The minimum absolute atomic E-state index is 0.277. The van der Waals surface area contributed by atoms with Crippen LogP contribution >= 0.6 is 0 Å². The fourth-order valence-corrected chi connectivity index (χ4v) is 2.21. The highest BCUT2D eigenvalue weighted by Crippen LogP contribution is 2.30. The van der Waals surface area contributed by atoms with E-state index in [0.717, 1.165) is 12.1 Å². The molecule has 0 aromatic heterocycles. The van der Waals surface area contributed by atoms with Crippen LogP contribution in [0.5, 0.6) is 0 Å². The van der Waals surface area contributed by atoms with Gasteiger partial charge in [-0.2, -0.15) is 13.2 Å². The Balaban J connectivity index is 2.70. The summed E-state index contributed by atoms with van der Waals surface area (Å²) in [5, 5.41) is 13.3.